The molecule has 1 saturated heterocycles. The topological polar surface area (TPSA) is 71.8 Å². The van der Waals surface area contributed by atoms with E-state index in [1.54, 1.807) is 6.20 Å². The van der Waals surface area contributed by atoms with Gasteiger partial charge in [-0.25, -0.2) is 4.98 Å². The number of imidazole rings is 1. The van der Waals surface area contributed by atoms with Gasteiger partial charge < -0.3 is 10.2 Å². The molecule has 0 atom stereocenters. The summed E-state index contributed by atoms with van der Waals surface area (Å²) in [6, 6.07) is 0. The zero-order valence-corrected chi connectivity index (χ0v) is 12.6. The highest BCUT2D eigenvalue weighted by molar-refractivity contribution is 5.40. The predicted molar refractivity (Wildman–Crippen MR) is 81.9 cm³/mol. The minimum atomic E-state index is 0.621. The Kier molecular flexibility index (Phi) is 3.98. The van der Waals surface area contributed by atoms with Crippen molar-refractivity contribution in [3.8, 4) is 5.95 Å². The zero-order chi connectivity index (χ0) is 14.7. The van der Waals surface area contributed by atoms with Crippen LogP contribution in [0.15, 0.2) is 12.4 Å². The summed E-state index contributed by atoms with van der Waals surface area (Å²) in [7, 11) is 0. The van der Waals surface area contributed by atoms with Gasteiger partial charge in [0, 0.05) is 32.0 Å². The van der Waals surface area contributed by atoms with Gasteiger partial charge in [0.2, 0.25) is 17.8 Å². The van der Waals surface area contributed by atoms with Crippen LogP contribution in [0.25, 0.3) is 5.95 Å². The highest BCUT2D eigenvalue weighted by Gasteiger charge is 2.17. The molecule has 0 saturated carbocycles. The smallest absolute Gasteiger partial charge is 0.241 e. The monoisotopic (exact) mass is 287 g/mol. The Labute approximate surface area is 124 Å². The average Bonchev–Trinajstić information content (AvgIpc) is 2.94. The van der Waals surface area contributed by atoms with E-state index in [2.05, 4.69) is 30.2 Å². The highest BCUT2D eigenvalue weighted by Crippen LogP contribution is 2.18. The van der Waals surface area contributed by atoms with Crippen LogP contribution in [0.3, 0.4) is 0 Å². The molecule has 7 nitrogen and oxygen atoms in total. The third-order valence-corrected chi connectivity index (χ3v) is 3.63. The number of hydrogen-bond donors (Lipinski definition) is 1. The van der Waals surface area contributed by atoms with Crippen molar-refractivity contribution in [1.29, 1.82) is 0 Å². The Morgan fingerprint density at radius 3 is 2.52 bits per heavy atom. The van der Waals surface area contributed by atoms with Crippen LogP contribution in [0, 0.1) is 6.92 Å². The lowest BCUT2D eigenvalue weighted by Crippen LogP contribution is -2.31. The summed E-state index contributed by atoms with van der Waals surface area (Å²) in [4.78, 5) is 20.1. The molecule has 2 aromatic heterocycles. The quantitative estimate of drug-likeness (QED) is 0.924. The Bertz CT molecular complexity index is 601. The number of nitrogens with zero attached hydrogens (tertiary/aromatic N) is 6. The molecule has 1 aliphatic rings. The first-order chi connectivity index (χ1) is 10.3. The second-order valence-corrected chi connectivity index (χ2v) is 5.18. The molecule has 0 radical (unpaired) electrons. The van der Waals surface area contributed by atoms with E-state index in [4.69, 9.17) is 0 Å². The fourth-order valence-corrected chi connectivity index (χ4v) is 2.52. The summed E-state index contributed by atoms with van der Waals surface area (Å²) in [5, 5.41) is 3.19. The molecule has 3 heterocycles. The van der Waals surface area contributed by atoms with Gasteiger partial charge in [-0.3, -0.25) is 4.57 Å². The predicted octanol–water partition coefficient (Wildman–Crippen LogP) is 1.79. The number of aromatic nitrogens is 5. The lowest BCUT2D eigenvalue weighted by atomic mass is 10.1. The van der Waals surface area contributed by atoms with Crippen molar-refractivity contribution >= 4 is 11.9 Å². The molecule has 2 aromatic rings. The summed E-state index contributed by atoms with van der Waals surface area (Å²) in [5.74, 6) is 2.87. The molecule has 112 valence electrons. The third kappa shape index (κ3) is 2.96. The number of rotatable bonds is 4. The van der Waals surface area contributed by atoms with Gasteiger partial charge in [-0.2, -0.15) is 15.0 Å². The van der Waals surface area contributed by atoms with Gasteiger partial charge in [0.25, 0.3) is 0 Å². The van der Waals surface area contributed by atoms with Crippen molar-refractivity contribution in [1.82, 2.24) is 24.5 Å². The van der Waals surface area contributed by atoms with E-state index in [9.17, 15) is 0 Å². The van der Waals surface area contributed by atoms with Gasteiger partial charge in [-0.1, -0.05) is 0 Å². The second kappa shape index (κ2) is 6.07. The van der Waals surface area contributed by atoms with Gasteiger partial charge in [0.1, 0.15) is 5.82 Å². The first-order valence-electron chi connectivity index (χ1n) is 7.53. The van der Waals surface area contributed by atoms with Gasteiger partial charge in [0.15, 0.2) is 0 Å². The second-order valence-electron chi connectivity index (χ2n) is 5.18. The van der Waals surface area contributed by atoms with E-state index >= 15 is 0 Å². The van der Waals surface area contributed by atoms with Gasteiger partial charge in [-0.05, 0) is 33.1 Å². The fourth-order valence-electron chi connectivity index (χ4n) is 2.52. The Morgan fingerprint density at radius 1 is 1.10 bits per heavy atom. The summed E-state index contributed by atoms with van der Waals surface area (Å²) >= 11 is 0. The lowest BCUT2D eigenvalue weighted by Gasteiger charge is -2.27. The Balaban J connectivity index is 1.99. The van der Waals surface area contributed by atoms with Crippen LogP contribution < -0.4 is 10.2 Å². The van der Waals surface area contributed by atoms with Crippen LogP contribution in [-0.4, -0.2) is 44.1 Å². The van der Waals surface area contributed by atoms with Crippen molar-refractivity contribution < 1.29 is 0 Å². The molecule has 0 unspecified atom stereocenters. The standard InChI is InChI=1S/C14H21N7/c1-3-15-12-17-13(20-8-5-4-6-9-20)19-14(18-12)21-10-7-16-11(21)2/h7,10H,3-6,8-9H2,1-2H3,(H,15,17,18,19). The number of piperidine rings is 1. The van der Waals surface area contributed by atoms with Gasteiger partial charge in [-0.15, -0.1) is 0 Å². The first kappa shape index (κ1) is 13.8. The highest BCUT2D eigenvalue weighted by atomic mass is 15.3. The van der Waals surface area contributed by atoms with Crippen LogP contribution in [0.1, 0.15) is 32.0 Å². The lowest BCUT2D eigenvalue weighted by molar-refractivity contribution is 0.566. The number of hydrogen-bond acceptors (Lipinski definition) is 6. The van der Waals surface area contributed by atoms with E-state index in [0.29, 0.717) is 11.9 Å². The molecule has 3 rings (SSSR count). The number of anilines is 2. The summed E-state index contributed by atoms with van der Waals surface area (Å²) in [6.45, 7) is 6.78. The Morgan fingerprint density at radius 2 is 1.86 bits per heavy atom. The fraction of sp³-hybridized carbons (Fsp3) is 0.571. The average molecular weight is 287 g/mol. The van der Waals surface area contributed by atoms with Crippen LogP contribution in [0.2, 0.25) is 0 Å². The summed E-state index contributed by atoms with van der Waals surface area (Å²) < 4.78 is 1.88. The maximum atomic E-state index is 4.63. The molecular formula is C14H21N7. The summed E-state index contributed by atoms with van der Waals surface area (Å²) in [5.41, 5.74) is 0. The molecule has 0 spiro atoms. The van der Waals surface area contributed by atoms with Gasteiger partial charge >= 0.3 is 0 Å². The molecule has 0 amide bonds. The number of aryl methyl sites for hydroxylation is 1. The largest absolute Gasteiger partial charge is 0.354 e. The normalized spacial score (nSPS) is 15.2. The van der Waals surface area contributed by atoms with Crippen LogP contribution in [0.5, 0.6) is 0 Å². The first-order valence-corrected chi connectivity index (χ1v) is 7.53. The van der Waals surface area contributed by atoms with Crippen molar-refractivity contribution in [2.75, 3.05) is 29.9 Å². The third-order valence-electron chi connectivity index (χ3n) is 3.63. The van der Waals surface area contributed by atoms with E-state index < -0.39 is 0 Å². The molecule has 7 heteroatoms. The van der Waals surface area contributed by atoms with Crippen molar-refractivity contribution in [2.45, 2.75) is 33.1 Å². The molecule has 1 aliphatic heterocycles. The van der Waals surface area contributed by atoms with E-state index in [0.717, 1.165) is 31.4 Å². The maximum Gasteiger partial charge on any atom is 0.241 e. The minimum Gasteiger partial charge on any atom is -0.354 e. The van der Waals surface area contributed by atoms with Crippen LogP contribution in [-0.2, 0) is 0 Å². The molecule has 1 N–H and O–H groups in total. The SMILES string of the molecule is CCNc1nc(N2CCCCC2)nc(-n2ccnc2C)n1. The van der Waals surface area contributed by atoms with Gasteiger partial charge in [0.05, 0.1) is 0 Å². The molecule has 0 bridgehead atoms. The van der Waals surface area contributed by atoms with E-state index in [-0.39, 0.29) is 0 Å². The van der Waals surface area contributed by atoms with Crippen molar-refractivity contribution in [2.24, 2.45) is 0 Å². The molecular weight excluding hydrogens is 266 g/mol. The van der Waals surface area contributed by atoms with Crippen LogP contribution >= 0.6 is 0 Å². The van der Waals surface area contributed by atoms with Crippen molar-refractivity contribution in [3.05, 3.63) is 18.2 Å². The van der Waals surface area contributed by atoms with Crippen LogP contribution in [0.4, 0.5) is 11.9 Å². The van der Waals surface area contributed by atoms with E-state index in [1.807, 2.05) is 24.6 Å². The maximum absolute atomic E-state index is 4.63. The molecule has 1 fully saturated rings. The molecule has 21 heavy (non-hydrogen) atoms. The molecule has 0 aromatic carbocycles. The van der Waals surface area contributed by atoms with Crippen molar-refractivity contribution in [3.63, 3.8) is 0 Å². The zero-order valence-electron chi connectivity index (χ0n) is 12.6. The minimum absolute atomic E-state index is 0.621. The van der Waals surface area contributed by atoms with E-state index in [1.165, 1.54) is 19.3 Å². The Hall–Kier alpha value is -2.18. The summed E-state index contributed by atoms with van der Waals surface area (Å²) in [6.07, 6.45) is 7.31. The number of nitrogens with one attached hydrogen (secondary N) is 1. The molecule has 0 aliphatic carbocycles.